The zero-order valence-corrected chi connectivity index (χ0v) is 10.8. The molecule has 1 amide bonds. The molecule has 1 aromatic heterocycles. The summed E-state index contributed by atoms with van der Waals surface area (Å²) in [5.74, 6) is -0.226. The van der Waals surface area contributed by atoms with Crippen molar-refractivity contribution in [1.29, 1.82) is 0 Å². The number of hydrogen-bond acceptors (Lipinski definition) is 2. The molecule has 0 saturated carbocycles. The Kier molecular flexibility index (Phi) is 3.99. The molecule has 1 aromatic carbocycles. The normalized spacial score (nSPS) is 12.1. The summed E-state index contributed by atoms with van der Waals surface area (Å²) in [5, 5.41) is 6.02. The van der Waals surface area contributed by atoms with Crippen LogP contribution in [0.2, 0.25) is 0 Å². The number of carbonyl (C=O) groups is 1. The fourth-order valence-corrected chi connectivity index (χ4v) is 1.87. The summed E-state index contributed by atoms with van der Waals surface area (Å²) in [6.45, 7) is 0.665. The van der Waals surface area contributed by atoms with Crippen molar-refractivity contribution in [2.75, 3.05) is 7.05 Å². The number of aromatic nitrogens is 2. The lowest BCUT2D eigenvalue weighted by molar-refractivity contribution is -0.120. The lowest BCUT2D eigenvalue weighted by Crippen LogP contribution is -2.22. The SMILES string of the molecule is CNC(=O)C(Cl)c1cnn(Cc2ccccc2)c1. The first-order valence-electron chi connectivity index (χ1n) is 5.62. The Bertz CT molecular complexity index is 524. The quantitative estimate of drug-likeness (QED) is 0.857. The van der Waals surface area contributed by atoms with Crippen LogP contribution in [0.25, 0.3) is 0 Å². The molecule has 0 bridgehead atoms. The van der Waals surface area contributed by atoms with Crippen LogP contribution in [0.3, 0.4) is 0 Å². The van der Waals surface area contributed by atoms with Crippen LogP contribution in [-0.2, 0) is 11.3 Å². The first kappa shape index (κ1) is 12.6. The fraction of sp³-hybridized carbons (Fsp3) is 0.231. The summed E-state index contributed by atoms with van der Waals surface area (Å²) in [6.07, 6.45) is 3.41. The second-order valence-corrected chi connectivity index (χ2v) is 4.37. The molecular weight excluding hydrogens is 250 g/mol. The number of benzene rings is 1. The lowest BCUT2D eigenvalue weighted by Gasteiger charge is -2.04. The molecule has 2 rings (SSSR count). The van der Waals surface area contributed by atoms with E-state index in [0.717, 1.165) is 5.56 Å². The van der Waals surface area contributed by atoms with Gasteiger partial charge in [0.1, 0.15) is 5.38 Å². The summed E-state index contributed by atoms with van der Waals surface area (Å²) in [7, 11) is 1.56. The van der Waals surface area contributed by atoms with Crippen LogP contribution < -0.4 is 5.32 Å². The Hall–Kier alpha value is -1.81. The number of rotatable bonds is 4. The van der Waals surface area contributed by atoms with Crippen molar-refractivity contribution in [2.24, 2.45) is 0 Å². The molecule has 4 nitrogen and oxygen atoms in total. The summed E-state index contributed by atoms with van der Waals surface area (Å²) in [5.41, 5.74) is 1.85. The topological polar surface area (TPSA) is 46.9 Å². The van der Waals surface area contributed by atoms with Crippen LogP contribution in [-0.4, -0.2) is 22.7 Å². The standard InChI is InChI=1S/C13H14ClN3O/c1-15-13(18)12(14)11-7-16-17(9-11)8-10-5-3-2-4-6-10/h2-7,9,12H,8H2,1H3,(H,15,18). The predicted octanol–water partition coefficient (Wildman–Crippen LogP) is 1.96. The van der Waals surface area contributed by atoms with Crippen LogP contribution in [0.4, 0.5) is 0 Å². The first-order valence-corrected chi connectivity index (χ1v) is 6.06. The molecule has 94 valence electrons. The number of carbonyl (C=O) groups excluding carboxylic acids is 1. The van der Waals surface area contributed by atoms with Crippen molar-refractivity contribution in [3.8, 4) is 0 Å². The molecule has 1 heterocycles. The maximum Gasteiger partial charge on any atom is 0.242 e. The van der Waals surface area contributed by atoms with Gasteiger partial charge in [-0.1, -0.05) is 30.3 Å². The van der Waals surface area contributed by atoms with Gasteiger partial charge in [0, 0.05) is 18.8 Å². The highest BCUT2D eigenvalue weighted by molar-refractivity contribution is 6.30. The van der Waals surface area contributed by atoms with Crippen LogP contribution in [0.15, 0.2) is 42.7 Å². The fourth-order valence-electron chi connectivity index (χ4n) is 1.65. The van der Waals surface area contributed by atoms with Gasteiger partial charge in [-0.3, -0.25) is 9.48 Å². The minimum absolute atomic E-state index is 0.226. The van der Waals surface area contributed by atoms with Crippen LogP contribution in [0.1, 0.15) is 16.5 Å². The van der Waals surface area contributed by atoms with E-state index in [0.29, 0.717) is 12.1 Å². The molecule has 0 spiro atoms. The number of hydrogen-bond donors (Lipinski definition) is 1. The molecule has 0 aliphatic rings. The Morgan fingerprint density at radius 1 is 1.44 bits per heavy atom. The Labute approximate surface area is 111 Å². The minimum atomic E-state index is -0.695. The maximum atomic E-state index is 11.4. The zero-order valence-electron chi connectivity index (χ0n) is 10.0. The summed E-state index contributed by atoms with van der Waals surface area (Å²) >= 11 is 6.01. The number of nitrogens with one attached hydrogen (secondary N) is 1. The first-order chi connectivity index (χ1) is 8.70. The molecule has 0 radical (unpaired) electrons. The third-order valence-corrected chi connectivity index (χ3v) is 3.06. The van der Waals surface area contributed by atoms with E-state index in [-0.39, 0.29) is 5.91 Å². The highest BCUT2D eigenvalue weighted by Gasteiger charge is 2.17. The van der Waals surface area contributed by atoms with E-state index in [1.54, 1.807) is 24.1 Å². The van der Waals surface area contributed by atoms with E-state index in [4.69, 9.17) is 11.6 Å². The molecule has 1 N–H and O–H groups in total. The van der Waals surface area contributed by atoms with Crippen LogP contribution >= 0.6 is 11.6 Å². The third kappa shape index (κ3) is 2.90. The van der Waals surface area contributed by atoms with E-state index in [2.05, 4.69) is 10.4 Å². The van der Waals surface area contributed by atoms with Gasteiger partial charge in [0.05, 0.1) is 12.7 Å². The molecule has 0 saturated heterocycles. The van der Waals surface area contributed by atoms with Gasteiger partial charge in [-0.2, -0.15) is 5.10 Å². The predicted molar refractivity (Wildman–Crippen MR) is 70.4 cm³/mol. The lowest BCUT2D eigenvalue weighted by atomic mass is 10.2. The molecule has 18 heavy (non-hydrogen) atoms. The number of amides is 1. The van der Waals surface area contributed by atoms with E-state index in [1.165, 1.54) is 0 Å². The highest BCUT2D eigenvalue weighted by Crippen LogP contribution is 2.19. The number of halogens is 1. The summed E-state index contributed by atoms with van der Waals surface area (Å²) in [6, 6.07) is 9.98. The van der Waals surface area contributed by atoms with Gasteiger partial charge in [-0.25, -0.2) is 0 Å². The highest BCUT2D eigenvalue weighted by atomic mass is 35.5. The van der Waals surface area contributed by atoms with Crippen molar-refractivity contribution >= 4 is 17.5 Å². The number of nitrogens with zero attached hydrogens (tertiary/aromatic N) is 2. The van der Waals surface area contributed by atoms with E-state index in [1.807, 2.05) is 30.3 Å². The Balaban J connectivity index is 2.09. The second kappa shape index (κ2) is 5.69. The van der Waals surface area contributed by atoms with Gasteiger partial charge in [0.25, 0.3) is 0 Å². The van der Waals surface area contributed by atoms with E-state index >= 15 is 0 Å². The summed E-state index contributed by atoms with van der Waals surface area (Å²) in [4.78, 5) is 11.4. The Morgan fingerprint density at radius 2 is 2.17 bits per heavy atom. The van der Waals surface area contributed by atoms with Gasteiger partial charge < -0.3 is 5.32 Å². The van der Waals surface area contributed by atoms with E-state index in [9.17, 15) is 4.79 Å². The van der Waals surface area contributed by atoms with Crippen LogP contribution in [0, 0.1) is 0 Å². The number of alkyl halides is 1. The van der Waals surface area contributed by atoms with Crippen molar-refractivity contribution in [3.05, 3.63) is 53.9 Å². The molecule has 1 unspecified atom stereocenters. The zero-order chi connectivity index (χ0) is 13.0. The molecule has 2 aromatic rings. The minimum Gasteiger partial charge on any atom is -0.358 e. The average molecular weight is 264 g/mol. The smallest absolute Gasteiger partial charge is 0.242 e. The van der Waals surface area contributed by atoms with Gasteiger partial charge in [0.15, 0.2) is 0 Å². The Morgan fingerprint density at radius 3 is 2.83 bits per heavy atom. The average Bonchev–Trinajstić information content (AvgIpc) is 2.86. The van der Waals surface area contributed by atoms with Gasteiger partial charge >= 0.3 is 0 Å². The second-order valence-electron chi connectivity index (χ2n) is 3.93. The van der Waals surface area contributed by atoms with Crippen molar-refractivity contribution in [3.63, 3.8) is 0 Å². The molecular formula is C13H14ClN3O. The van der Waals surface area contributed by atoms with Gasteiger partial charge in [-0.15, -0.1) is 11.6 Å². The van der Waals surface area contributed by atoms with Crippen molar-refractivity contribution in [2.45, 2.75) is 11.9 Å². The van der Waals surface area contributed by atoms with E-state index < -0.39 is 5.38 Å². The van der Waals surface area contributed by atoms with Gasteiger partial charge in [0.2, 0.25) is 5.91 Å². The van der Waals surface area contributed by atoms with Crippen LogP contribution in [0.5, 0.6) is 0 Å². The number of likely N-dealkylation sites (N-methyl/N-ethyl adjacent to an activating group) is 1. The largest absolute Gasteiger partial charge is 0.358 e. The third-order valence-electron chi connectivity index (χ3n) is 2.61. The molecule has 5 heteroatoms. The van der Waals surface area contributed by atoms with Crippen molar-refractivity contribution in [1.82, 2.24) is 15.1 Å². The molecule has 0 aliphatic carbocycles. The molecule has 0 aliphatic heterocycles. The van der Waals surface area contributed by atoms with Crippen molar-refractivity contribution < 1.29 is 4.79 Å². The summed E-state index contributed by atoms with van der Waals surface area (Å²) < 4.78 is 1.77. The maximum absolute atomic E-state index is 11.4. The molecule has 1 atom stereocenters. The van der Waals surface area contributed by atoms with Gasteiger partial charge in [-0.05, 0) is 5.56 Å². The monoisotopic (exact) mass is 263 g/mol. The molecule has 0 fully saturated rings.